The molecular weight excluding hydrogens is 409 g/mol. The van der Waals surface area contributed by atoms with Crippen molar-refractivity contribution >= 4 is 28.0 Å². The molecule has 3 aromatic heterocycles. The van der Waals surface area contributed by atoms with Gasteiger partial charge in [-0.1, -0.05) is 0 Å². The number of aromatic hydroxyl groups is 1. The van der Waals surface area contributed by atoms with Gasteiger partial charge in [-0.2, -0.15) is 0 Å². The van der Waals surface area contributed by atoms with Crippen LogP contribution in [-0.2, 0) is 0 Å². The van der Waals surface area contributed by atoms with Gasteiger partial charge < -0.3 is 19.7 Å². The lowest BCUT2D eigenvalue weighted by molar-refractivity contribution is 0.148. The number of halogens is 1. The molecule has 2 fully saturated rings. The molecule has 1 aliphatic carbocycles. The number of alkyl halides is 1. The summed E-state index contributed by atoms with van der Waals surface area (Å²) >= 11 is 0. The molecule has 1 atom stereocenters. The van der Waals surface area contributed by atoms with Crippen molar-refractivity contribution < 1.29 is 13.9 Å². The van der Waals surface area contributed by atoms with Crippen LogP contribution in [0.25, 0.3) is 33.4 Å². The zero-order valence-corrected chi connectivity index (χ0v) is 17.8. The Labute approximate surface area is 184 Å². The maximum Gasteiger partial charge on any atom is 0.192 e. The van der Waals surface area contributed by atoms with Gasteiger partial charge in [0.2, 0.25) is 0 Å². The van der Waals surface area contributed by atoms with E-state index in [2.05, 4.69) is 15.2 Å². The highest BCUT2D eigenvalue weighted by Gasteiger charge is 2.33. The van der Waals surface area contributed by atoms with Gasteiger partial charge in [0.05, 0.1) is 16.7 Å². The van der Waals surface area contributed by atoms with Gasteiger partial charge in [0.25, 0.3) is 0 Å². The number of nitrogens with one attached hydrogen (secondary N) is 1. The van der Waals surface area contributed by atoms with E-state index < -0.39 is 6.17 Å². The molecule has 0 bridgehead atoms. The van der Waals surface area contributed by atoms with Crippen molar-refractivity contribution in [2.75, 3.05) is 18.0 Å². The monoisotopic (exact) mass is 433 g/mol. The summed E-state index contributed by atoms with van der Waals surface area (Å²) in [6.45, 7) is 3.58. The van der Waals surface area contributed by atoms with Gasteiger partial charge in [-0.15, -0.1) is 0 Å². The first kappa shape index (κ1) is 19.4. The molecule has 7 nitrogen and oxygen atoms in total. The van der Waals surface area contributed by atoms with E-state index in [1.165, 1.54) is 0 Å². The molecule has 1 aliphatic heterocycles. The number of benzene rings is 1. The fourth-order valence-electron chi connectivity index (χ4n) is 4.73. The van der Waals surface area contributed by atoms with Gasteiger partial charge >= 0.3 is 0 Å². The number of oxazole rings is 1. The first-order valence-electron chi connectivity index (χ1n) is 11.1. The normalized spacial score (nSPS) is 23.2. The number of anilines is 1. The SMILES string of the molecule is Cc1nc2cc(O)c(-c3ccc4nc(N5CC[C@@H](NC6CC(F)C6)C5)ccc4n3)cc2o1. The fourth-order valence-corrected chi connectivity index (χ4v) is 4.73. The number of hydrogen-bond donors (Lipinski definition) is 2. The number of nitrogens with zero attached hydrogens (tertiary/aromatic N) is 4. The van der Waals surface area contributed by atoms with Crippen LogP contribution in [0.4, 0.5) is 10.2 Å². The summed E-state index contributed by atoms with van der Waals surface area (Å²) < 4.78 is 18.7. The van der Waals surface area contributed by atoms with Crippen molar-refractivity contribution in [2.24, 2.45) is 0 Å². The molecule has 0 unspecified atom stereocenters. The second-order valence-corrected chi connectivity index (χ2v) is 8.84. The minimum Gasteiger partial charge on any atom is -0.507 e. The fraction of sp³-hybridized carbons (Fsp3) is 0.375. The topological polar surface area (TPSA) is 87.3 Å². The Kier molecular flexibility index (Phi) is 4.50. The number of pyridine rings is 2. The smallest absolute Gasteiger partial charge is 0.192 e. The van der Waals surface area contributed by atoms with E-state index in [1.54, 1.807) is 19.1 Å². The van der Waals surface area contributed by atoms with Gasteiger partial charge in [-0.05, 0) is 49.6 Å². The van der Waals surface area contributed by atoms with Crippen molar-refractivity contribution in [1.82, 2.24) is 20.3 Å². The van der Waals surface area contributed by atoms with E-state index in [1.807, 2.05) is 24.3 Å². The average molecular weight is 433 g/mol. The van der Waals surface area contributed by atoms with Gasteiger partial charge in [0.1, 0.15) is 23.3 Å². The van der Waals surface area contributed by atoms with E-state index >= 15 is 0 Å². The van der Waals surface area contributed by atoms with Crippen LogP contribution in [0, 0.1) is 6.92 Å². The van der Waals surface area contributed by atoms with Crippen LogP contribution >= 0.6 is 0 Å². The molecule has 2 N–H and O–H groups in total. The van der Waals surface area contributed by atoms with E-state index in [0.717, 1.165) is 36.4 Å². The predicted molar refractivity (Wildman–Crippen MR) is 121 cm³/mol. The molecule has 4 heterocycles. The van der Waals surface area contributed by atoms with Gasteiger partial charge in [-0.3, -0.25) is 0 Å². The molecule has 32 heavy (non-hydrogen) atoms. The minimum atomic E-state index is -0.631. The van der Waals surface area contributed by atoms with Crippen LogP contribution in [0.3, 0.4) is 0 Å². The lowest BCUT2D eigenvalue weighted by atomic mass is 9.90. The molecule has 6 rings (SSSR count). The summed E-state index contributed by atoms with van der Waals surface area (Å²) in [5.74, 6) is 1.59. The zero-order chi connectivity index (χ0) is 21.8. The van der Waals surface area contributed by atoms with Crippen molar-refractivity contribution in [1.29, 1.82) is 0 Å². The Bertz CT molecular complexity index is 1320. The summed E-state index contributed by atoms with van der Waals surface area (Å²) in [6.07, 6.45) is 1.68. The van der Waals surface area contributed by atoms with Crippen LogP contribution in [0.2, 0.25) is 0 Å². The summed E-state index contributed by atoms with van der Waals surface area (Å²) in [6, 6.07) is 11.8. The molecule has 8 heteroatoms. The highest BCUT2D eigenvalue weighted by molar-refractivity contribution is 5.86. The number of aromatic nitrogens is 3. The highest BCUT2D eigenvalue weighted by Crippen LogP contribution is 2.34. The number of rotatable bonds is 4. The Morgan fingerprint density at radius 2 is 1.84 bits per heavy atom. The Hall–Kier alpha value is -3.26. The molecule has 1 saturated heterocycles. The number of hydrogen-bond acceptors (Lipinski definition) is 7. The van der Waals surface area contributed by atoms with Crippen LogP contribution in [0.5, 0.6) is 5.75 Å². The molecule has 1 aromatic carbocycles. The van der Waals surface area contributed by atoms with E-state index in [9.17, 15) is 9.50 Å². The standard InChI is InChI=1S/C24H24FN5O2/c1-13-26-21-11-22(31)17(10-23(21)32-13)18-2-3-20-19(28-18)4-5-24(29-20)30-7-6-15(12-30)27-16-8-14(25)9-16/h2-5,10-11,14-16,27,31H,6-9,12H2,1H3/t14?,15-,16?/m1/s1. The van der Waals surface area contributed by atoms with Crippen molar-refractivity contribution in [2.45, 2.75) is 44.4 Å². The summed E-state index contributed by atoms with van der Waals surface area (Å²) in [4.78, 5) is 16.1. The Morgan fingerprint density at radius 3 is 2.69 bits per heavy atom. The Morgan fingerprint density at radius 1 is 1.03 bits per heavy atom. The van der Waals surface area contributed by atoms with Crippen LogP contribution in [0.15, 0.2) is 40.8 Å². The summed E-state index contributed by atoms with van der Waals surface area (Å²) in [5, 5.41) is 14.1. The summed E-state index contributed by atoms with van der Waals surface area (Å²) in [7, 11) is 0. The summed E-state index contributed by atoms with van der Waals surface area (Å²) in [5.41, 5.74) is 4.05. The molecule has 0 amide bonds. The van der Waals surface area contributed by atoms with Crippen LogP contribution in [0.1, 0.15) is 25.2 Å². The second-order valence-electron chi connectivity index (χ2n) is 8.84. The lowest BCUT2D eigenvalue weighted by Crippen LogP contribution is -2.48. The van der Waals surface area contributed by atoms with Crippen molar-refractivity contribution in [3.05, 3.63) is 42.3 Å². The first-order valence-corrected chi connectivity index (χ1v) is 11.1. The largest absolute Gasteiger partial charge is 0.507 e. The van der Waals surface area contributed by atoms with E-state index in [-0.39, 0.29) is 5.75 Å². The second kappa shape index (κ2) is 7.41. The third kappa shape index (κ3) is 3.44. The Balaban J connectivity index is 1.24. The molecular formula is C24H24FN5O2. The van der Waals surface area contributed by atoms with E-state index in [4.69, 9.17) is 14.4 Å². The van der Waals surface area contributed by atoms with Crippen molar-refractivity contribution in [3.8, 4) is 17.0 Å². The number of fused-ring (bicyclic) bond motifs is 2. The predicted octanol–water partition coefficient (Wildman–Crippen LogP) is 4.12. The molecule has 164 valence electrons. The average Bonchev–Trinajstić information content (AvgIpc) is 3.36. The van der Waals surface area contributed by atoms with Crippen molar-refractivity contribution in [3.63, 3.8) is 0 Å². The molecule has 2 aliphatic rings. The van der Waals surface area contributed by atoms with Crippen LogP contribution in [-0.4, -0.2) is 51.4 Å². The molecule has 4 aromatic rings. The van der Waals surface area contributed by atoms with E-state index in [0.29, 0.717) is 53.2 Å². The maximum absolute atomic E-state index is 13.1. The number of aryl methyl sites for hydroxylation is 1. The van der Waals surface area contributed by atoms with Gasteiger partial charge in [-0.25, -0.2) is 19.3 Å². The van der Waals surface area contributed by atoms with Crippen LogP contribution < -0.4 is 10.2 Å². The molecule has 1 saturated carbocycles. The third-order valence-electron chi connectivity index (χ3n) is 6.48. The minimum absolute atomic E-state index is 0.114. The number of phenols is 1. The quantitative estimate of drug-likeness (QED) is 0.501. The third-order valence-corrected chi connectivity index (χ3v) is 6.48. The lowest BCUT2D eigenvalue weighted by Gasteiger charge is -2.33. The van der Waals surface area contributed by atoms with Gasteiger partial charge in [0.15, 0.2) is 11.5 Å². The first-order chi connectivity index (χ1) is 15.5. The number of phenolic OH excluding ortho intramolecular Hbond substituents is 1. The zero-order valence-electron chi connectivity index (χ0n) is 17.8. The maximum atomic E-state index is 13.1. The molecule has 0 radical (unpaired) electrons. The molecule has 0 spiro atoms. The van der Waals surface area contributed by atoms with Gasteiger partial charge in [0, 0.05) is 43.7 Å². The highest BCUT2D eigenvalue weighted by atomic mass is 19.1.